The van der Waals surface area contributed by atoms with Crippen LogP contribution in [0, 0.1) is 12.8 Å². The molecule has 1 aliphatic carbocycles. The standard InChI is InChI=1S/C17H27N3O.2ClH/c1-12-6-7-14(18)17(21)15(12)16(13-4-2-3-5-13)20-10-8-19-9-11-20;;/h6-7,13,16,19,21H,2-5,8-11,18H2,1H3;2*1H/t16-;;/m0../s1. The highest BCUT2D eigenvalue weighted by molar-refractivity contribution is 5.85. The third-order valence-corrected chi connectivity index (χ3v) is 5.15. The maximum atomic E-state index is 10.6. The molecule has 2 fully saturated rings. The molecule has 0 amide bonds. The number of anilines is 1. The van der Waals surface area contributed by atoms with Crippen molar-refractivity contribution in [2.75, 3.05) is 31.9 Å². The molecule has 4 N–H and O–H groups in total. The second kappa shape index (κ2) is 8.97. The summed E-state index contributed by atoms with van der Waals surface area (Å²) in [5.74, 6) is 0.958. The molecule has 1 heterocycles. The Kier molecular flexibility index (Phi) is 7.95. The van der Waals surface area contributed by atoms with Gasteiger partial charge in [-0.15, -0.1) is 24.8 Å². The minimum atomic E-state index is 0. The van der Waals surface area contributed by atoms with Crippen molar-refractivity contribution in [1.29, 1.82) is 0 Å². The first kappa shape index (κ1) is 20.4. The maximum Gasteiger partial charge on any atom is 0.143 e. The second-order valence-electron chi connectivity index (χ2n) is 6.51. The van der Waals surface area contributed by atoms with Crippen molar-refractivity contribution in [1.82, 2.24) is 10.2 Å². The fourth-order valence-electron chi connectivity index (χ4n) is 4.05. The number of phenols is 1. The summed E-state index contributed by atoms with van der Waals surface area (Å²) in [7, 11) is 0. The van der Waals surface area contributed by atoms with Crippen molar-refractivity contribution in [3.63, 3.8) is 0 Å². The first-order valence-electron chi connectivity index (χ1n) is 8.21. The molecule has 1 saturated carbocycles. The largest absolute Gasteiger partial charge is 0.505 e. The highest BCUT2D eigenvalue weighted by atomic mass is 35.5. The molecule has 4 nitrogen and oxygen atoms in total. The normalized spacial score (nSPS) is 20.6. The van der Waals surface area contributed by atoms with Crippen LogP contribution < -0.4 is 11.1 Å². The summed E-state index contributed by atoms with van der Waals surface area (Å²) < 4.78 is 0. The van der Waals surface area contributed by atoms with E-state index < -0.39 is 0 Å². The van der Waals surface area contributed by atoms with Crippen LogP contribution in [0.5, 0.6) is 5.75 Å². The van der Waals surface area contributed by atoms with E-state index in [2.05, 4.69) is 23.2 Å². The topological polar surface area (TPSA) is 61.5 Å². The molecule has 0 radical (unpaired) electrons. The minimum Gasteiger partial charge on any atom is -0.505 e. The number of hydrogen-bond donors (Lipinski definition) is 3. The van der Waals surface area contributed by atoms with Crippen LogP contribution in [-0.2, 0) is 0 Å². The van der Waals surface area contributed by atoms with Crippen LogP contribution in [0.3, 0.4) is 0 Å². The zero-order chi connectivity index (χ0) is 14.8. The maximum absolute atomic E-state index is 10.6. The van der Waals surface area contributed by atoms with E-state index in [4.69, 9.17) is 5.73 Å². The van der Waals surface area contributed by atoms with Gasteiger partial charge < -0.3 is 16.2 Å². The number of nitrogens with one attached hydrogen (secondary N) is 1. The summed E-state index contributed by atoms with van der Waals surface area (Å²) in [4.78, 5) is 2.55. The molecule has 23 heavy (non-hydrogen) atoms. The van der Waals surface area contributed by atoms with Crippen molar-refractivity contribution < 1.29 is 5.11 Å². The number of hydrogen-bond acceptors (Lipinski definition) is 4. The summed E-state index contributed by atoms with van der Waals surface area (Å²) in [6.07, 6.45) is 5.16. The number of nitrogen functional groups attached to an aromatic ring is 1. The van der Waals surface area contributed by atoms with E-state index in [-0.39, 0.29) is 24.8 Å². The van der Waals surface area contributed by atoms with E-state index in [1.807, 2.05) is 6.07 Å². The van der Waals surface area contributed by atoms with Crippen molar-refractivity contribution in [2.24, 2.45) is 5.92 Å². The van der Waals surface area contributed by atoms with Crippen molar-refractivity contribution in [3.8, 4) is 5.75 Å². The first-order chi connectivity index (χ1) is 10.2. The van der Waals surface area contributed by atoms with Gasteiger partial charge in [-0.05, 0) is 37.3 Å². The molecule has 0 spiro atoms. The van der Waals surface area contributed by atoms with Crippen LogP contribution in [0.4, 0.5) is 5.69 Å². The zero-order valence-electron chi connectivity index (χ0n) is 13.8. The number of benzene rings is 1. The molecular weight excluding hydrogens is 333 g/mol. The number of rotatable bonds is 3. The Bertz CT molecular complexity index is 501. The monoisotopic (exact) mass is 361 g/mol. The smallest absolute Gasteiger partial charge is 0.143 e. The molecule has 1 aromatic carbocycles. The van der Waals surface area contributed by atoms with Crippen molar-refractivity contribution in [3.05, 3.63) is 23.3 Å². The summed E-state index contributed by atoms with van der Waals surface area (Å²) in [5.41, 5.74) is 8.72. The first-order valence-corrected chi connectivity index (χ1v) is 8.21. The van der Waals surface area contributed by atoms with Gasteiger partial charge in [0, 0.05) is 37.8 Å². The number of halogens is 2. The Morgan fingerprint density at radius 3 is 2.39 bits per heavy atom. The molecule has 6 heteroatoms. The van der Waals surface area contributed by atoms with Crippen LogP contribution in [0.2, 0.25) is 0 Å². The third-order valence-electron chi connectivity index (χ3n) is 5.15. The van der Waals surface area contributed by atoms with Crippen LogP contribution in [0.1, 0.15) is 42.9 Å². The van der Waals surface area contributed by atoms with Crippen LogP contribution >= 0.6 is 24.8 Å². The Hall–Kier alpha value is -0.680. The summed E-state index contributed by atoms with van der Waals surface area (Å²) in [5, 5.41) is 14.0. The van der Waals surface area contributed by atoms with Crippen LogP contribution in [0.25, 0.3) is 0 Å². The van der Waals surface area contributed by atoms with Gasteiger partial charge in [-0.3, -0.25) is 4.90 Å². The number of nitrogens with zero attached hydrogens (tertiary/aromatic N) is 1. The van der Waals surface area contributed by atoms with E-state index in [9.17, 15) is 5.11 Å². The highest BCUT2D eigenvalue weighted by Crippen LogP contribution is 2.45. The predicted molar refractivity (Wildman–Crippen MR) is 101 cm³/mol. The molecule has 3 rings (SSSR count). The van der Waals surface area contributed by atoms with E-state index >= 15 is 0 Å². The molecule has 2 aliphatic rings. The average molecular weight is 362 g/mol. The Morgan fingerprint density at radius 2 is 1.78 bits per heavy atom. The molecule has 0 bridgehead atoms. The zero-order valence-corrected chi connectivity index (χ0v) is 15.4. The molecule has 0 unspecified atom stereocenters. The van der Waals surface area contributed by atoms with E-state index in [0.29, 0.717) is 23.4 Å². The second-order valence-corrected chi connectivity index (χ2v) is 6.51. The quantitative estimate of drug-likeness (QED) is 0.571. The summed E-state index contributed by atoms with van der Waals surface area (Å²) >= 11 is 0. The van der Waals surface area contributed by atoms with Gasteiger partial charge in [-0.1, -0.05) is 18.9 Å². The Labute approximate surface area is 151 Å². The van der Waals surface area contributed by atoms with Gasteiger partial charge in [0.15, 0.2) is 0 Å². The lowest BCUT2D eigenvalue weighted by atomic mass is 9.86. The Morgan fingerprint density at radius 1 is 1.17 bits per heavy atom. The molecule has 0 aromatic heterocycles. The van der Waals surface area contributed by atoms with Crippen LogP contribution in [0.15, 0.2) is 12.1 Å². The fourth-order valence-corrected chi connectivity index (χ4v) is 4.05. The van der Waals surface area contributed by atoms with Gasteiger partial charge in [-0.2, -0.15) is 0 Å². The average Bonchev–Trinajstić information content (AvgIpc) is 3.02. The van der Waals surface area contributed by atoms with Gasteiger partial charge in [-0.25, -0.2) is 0 Å². The lowest BCUT2D eigenvalue weighted by Gasteiger charge is -2.39. The van der Waals surface area contributed by atoms with Gasteiger partial charge in [0.2, 0.25) is 0 Å². The molecule has 132 valence electrons. The molecule has 1 atom stereocenters. The van der Waals surface area contributed by atoms with E-state index in [1.54, 1.807) is 0 Å². The van der Waals surface area contributed by atoms with Crippen LogP contribution in [-0.4, -0.2) is 36.2 Å². The highest BCUT2D eigenvalue weighted by Gasteiger charge is 2.34. The lowest BCUT2D eigenvalue weighted by molar-refractivity contribution is 0.123. The number of aromatic hydroxyl groups is 1. The lowest BCUT2D eigenvalue weighted by Crippen LogP contribution is -2.46. The molecular formula is C17H29Cl2N3O. The van der Waals surface area contributed by atoms with E-state index in [0.717, 1.165) is 37.3 Å². The number of phenolic OH excluding ortho intramolecular Hbond substituents is 1. The third kappa shape index (κ3) is 4.24. The van der Waals surface area contributed by atoms with Gasteiger partial charge >= 0.3 is 0 Å². The summed E-state index contributed by atoms with van der Waals surface area (Å²) in [6, 6.07) is 4.18. The van der Waals surface area contributed by atoms with Crippen molar-refractivity contribution >= 4 is 30.5 Å². The number of piperazine rings is 1. The number of aryl methyl sites for hydroxylation is 1. The summed E-state index contributed by atoms with van der Waals surface area (Å²) in [6.45, 7) is 6.26. The molecule has 1 aromatic rings. The number of nitrogens with two attached hydrogens (primary N) is 1. The van der Waals surface area contributed by atoms with Crippen molar-refractivity contribution in [2.45, 2.75) is 38.6 Å². The Balaban J connectivity index is 0.00000132. The van der Waals surface area contributed by atoms with E-state index in [1.165, 1.54) is 25.7 Å². The fraction of sp³-hybridized carbons (Fsp3) is 0.647. The van der Waals surface area contributed by atoms with Gasteiger partial charge in [0.25, 0.3) is 0 Å². The SMILES string of the molecule is Cc1ccc(N)c(O)c1[C@H](C1CCCC1)N1CCNCC1.Cl.Cl. The van der Waals surface area contributed by atoms with Gasteiger partial charge in [0.1, 0.15) is 5.75 Å². The minimum absolute atomic E-state index is 0. The van der Waals surface area contributed by atoms with Gasteiger partial charge in [0.05, 0.1) is 5.69 Å². The molecule has 1 saturated heterocycles. The molecule has 1 aliphatic heterocycles. The predicted octanol–water partition coefficient (Wildman–Crippen LogP) is 3.26.